The molecule has 1 aromatic rings. The number of ether oxygens (including phenoxy) is 1. The van der Waals surface area contributed by atoms with E-state index in [1.165, 1.54) is 0 Å². The number of aromatic nitrogens is 2. The predicted molar refractivity (Wildman–Crippen MR) is 67.0 cm³/mol. The van der Waals surface area contributed by atoms with Crippen LogP contribution in [0.5, 0.6) is 0 Å². The van der Waals surface area contributed by atoms with E-state index in [-0.39, 0.29) is 6.10 Å². The monoisotopic (exact) mass is 236 g/mol. The van der Waals surface area contributed by atoms with Gasteiger partial charge < -0.3 is 15.0 Å². The molecule has 0 aliphatic carbocycles. The first kappa shape index (κ1) is 12.3. The van der Waals surface area contributed by atoms with Gasteiger partial charge in [0, 0.05) is 25.8 Å². The van der Waals surface area contributed by atoms with E-state index in [1.54, 1.807) is 0 Å². The molecule has 17 heavy (non-hydrogen) atoms. The third kappa shape index (κ3) is 3.38. The van der Waals surface area contributed by atoms with Gasteiger partial charge in [-0.05, 0) is 13.5 Å². The molecule has 0 saturated carbocycles. The molecular formula is C12H20N4O. The van der Waals surface area contributed by atoms with Crippen LogP contribution in [0.4, 0.5) is 5.82 Å². The summed E-state index contributed by atoms with van der Waals surface area (Å²) in [5, 5.41) is 3.26. The van der Waals surface area contributed by atoms with Crippen LogP contribution in [0, 0.1) is 0 Å². The lowest BCUT2D eigenvalue weighted by atomic mass is 10.3. The predicted octanol–water partition coefficient (Wildman–Crippen LogP) is 0.811. The second kappa shape index (κ2) is 5.93. The summed E-state index contributed by atoms with van der Waals surface area (Å²) in [6, 6.07) is 0. The standard InChI is InChI=1S/C12H20N4O/c1-3-13-6-11-7-14-8-12(15-11)16-4-5-17-10(2)9-16/h7-8,10,13H,3-6,9H2,1-2H3. The molecule has 1 fully saturated rings. The lowest BCUT2D eigenvalue weighted by Gasteiger charge is -2.31. The molecule has 1 aliphatic rings. The minimum Gasteiger partial charge on any atom is -0.375 e. The Balaban J connectivity index is 2.04. The first-order chi connectivity index (χ1) is 8.29. The fourth-order valence-electron chi connectivity index (χ4n) is 1.91. The van der Waals surface area contributed by atoms with Crippen molar-refractivity contribution in [1.82, 2.24) is 15.3 Å². The van der Waals surface area contributed by atoms with Crippen molar-refractivity contribution in [1.29, 1.82) is 0 Å². The molecule has 1 unspecified atom stereocenters. The Morgan fingerprint density at radius 2 is 2.41 bits per heavy atom. The fourth-order valence-corrected chi connectivity index (χ4v) is 1.91. The third-order valence-electron chi connectivity index (χ3n) is 2.79. The molecule has 0 amide bonds. The van der Waals surface area contributed by atoms with E-state index in [0.717, 1.165) is 44.3 Å². The maximum atomic E-state index is 5.52. The number of anilines is 1. The van der Waals surface area contributed by atoms with Crippen LogP contribution in [-0.4, -0.2) is 42.3 Å². The summed E-state index contributed by atoms with van der Waals surface area (Å²) in [5.74, 6) is 0.954. The SMILES string of the molecule is CCNCc1cncc(N2CCOC(C)C2)n1. The Bertz CT molecular complexity index is 358. The normalized spacial score (nSPS) is 20.6. The molecule has 5 heteroatoms. The number of nitrogens with one attached hydrogen (secondary N) is 1. The summed E-state index contributed by atoms with van der Waals surface area (Å²) in [7, 11) is 0. The topological polar surface area (TPSA) is 50.3 Å². The Hall–Kier alpha value is -1.20. The van der Waals surface area contributed by atoms with Gasteiger partial charge in [-0.25, -0.2) is 4.98 Å². The molecule has 1 atom stereocenters. The van der Waals surface area contributed by atoms with Crippen LogP contribution in [-0.2, 0) is 11.3 Å². The quantitative estimate of drug-likeness (QED) is 0.838. The molecule has 2 rings (SSSR count). The fraction of sp³-hybridized carbons (Fsp3) is 0.667. The van der Waals surface area contributed by atoms with Gasteiger partial charge >= 0.3 is 0 Å². The van der Waals surface area contributed by atoms with E-state index in [0.29, 0.717) is 0 Å². The van der Waals surface area contributed by atoms with Crippen molar-refractivity contribution in [2.24, 2.45) is 0 Å². The van der Waals surface area contributed by atoms with Gasteiger partial charge in [0.2, 0.25) is 0 Å². The number of hydrogen-bond donors (Lipinski definition) is 1. The van der Waals surface area contributed by atoms with Crippen LogP contribution in [0.15, 0.2) is 12.4 Å². The van der Waals surface area contributed by atoms with E-state index >= 15 is 0 Å². The largest absolute Gasteiger partial charge is 0.375 e. The number of nitrogens with zero attached hydrogens (tertiary/aromatic N) is 3. The summed E-state index contributed by atoms with van der Waals surface area (Å²) in [6.45, 7) is 8.43. The average Bonchev–Trinajstić information content (AvgIpc) is 2.37. The average molecular weight is 236 g/mol. The van der Waals surface area contributed by atoms with Crippen molar-refractivity contribution in [3.05, 3.63) is 18.1 Å². The molecule has 2 heterocycles. The molecular weight excluding hydrogens is 216 g/mol. The van der Waals surface area contributed by atoms with E-state index < -0.39 is 0 Å². The Kier molecular flexibility index (Phi) is 4.28. The van der Waals surface area contributed by atoms with Crippen molar-refractivity contribution in [2.45, 2.75) is 26.5 Å². The molecule has 1 N–H and O–H groups in total. The number of rotatable bonds is 4. The summed E-state index contributed by atoms with van der Waals surface area (Å²) >= 11 is 0. The number of hydrogen-bond acceptors (Lipinski definition) is 5. The minimum atomic E-state index is 0.267. The van der Waals surface area contributed by atoms with Crippen LogP contribution >= 0.6 is 0 Å². The zero-order valence-corrected chi connectivity index (χ0v) is 10.5. The maximum absolute atomic E-state index is 5.52. The van der Waals surface area contributed by atoms with Crippen molar-refractivity contribution < 1.29 is 4.74 Å². The van der Waals surface area contributed by atoms with Crippen LogP contribution in [0.25, 0.3) is 0 Å². The number of morpholine rings is 1. The molecule has 1 aromatic heterocycles. The van der Waals surface area contributed by atoms with Crippen molar-refractivity contribution >= 4 is 5.82 Å². The van der Waals surface area contributed by atoms with Crippen molar-refractivity contribution in [3.63, 3.8) is 0 Å². The Morgan fingerprint density at radius 1 is 1.53 bits per heavy atom. The van der Waals surface area contributed by atoms with Gasteiger partial charge in [0.15, 0.2) is 0 Å². The van der Waals surface area contributed by atoms with Gasteiger partial charge in [-0.15, -0.1) is 0 Å². The first-order valence-corrected chi connectivity index (χ1v) is 6.17. The molecule has 5 nitrogen and oxygen atoms in total. The summed E-state index contributed by atoms with van der Waals surface area (Å²) in [6.07, 6.45) is 3.91. The smallest absolute Gasteiger partial charge is 0.147 e. The highest BCUT2D eigenvalue weighted by Crippen LogP contribution is 2.14. The van der Waals surface area contributed by atoms with Crippen molar-refractivity contribution in [2.75, 3.05) is 31.1 Å². The van der Waals surface area contributed by atoms with Gasteiger partial charge in [-0.2, -0.15) is 0 Å². The van der Waals surface area contributed by atoms with Gasteiger partial charge in [0.05, 0.1) is 24.6 Å². The van der Waals surface area contributed by atoms with Gasteiger partial charge in [-0.1, -0.05) is 6.92 Å². The van der Waals surface area contributed by atoms with Gasteiger partial charge in [-0.3, -0.25) is 4.98 Å². The highest BCUT2D eigenvalue weighted by Gasteiger charge is 2.18. The first-order valence-electron chi connectivity index (χ1n) is 6.17. The highest BCUT2D eigenvalue weighted by molar-refractivity contribution is 5.37. The summed E-state index contributed by atoms with van der Waals surface area (Å²) < 4.78 is 5.52. The zero-order valence-electron chi connectivity index (χ0n) is 10.5. The van der Waals surface area contributed by atoms with Gasteiger partial charge in [0.1, 0.15) is 5.82 Å². The second-order valence-electron chi connectivity index (χ2n) is 4.28. The Morgan fingerprint density at radius 3 is 3.18 bits per heavy atom. The van der Waals surface area contributed by atoms with Crippen LogP contribution < -0.4 is 10.2 Å². The van der Waals surface area contributed by atoms with Crippen LogP contribution in [0.1, 0.15) is 19.5 Å². The van der Waals surface area contributed by atoms with Crippen LogP contribution in [0.2, 0.25) is 0 Å². The maximum Gasteiger partial charge on any atom is 0.147 e. The molecule has 94 valence electrons. The highest BCUT2D eigenvalue weighted by atomic mass is 16.5. The van der Waals surface area contributed by atoms with Crippen LogP contribution in [0.3, 0.4) is 0 Å². The van der Waals surface area contributed by atoms with E-state index in [9.17, 15) is 0 Å². The van der Waals surface area contributed by atoms with E-state index in [4.69, 9.17) is 4.74 Å². The lowest BCUT2D eigenvalue weighted by Crippen LogP contribution is -2.41. The van der Waals surface area contributed by atoms with Crippen molar-refractivity contribution in [3.8, 4) is 0 Å². The Labute approximate surface area is 102 Å². The second-order valence-corrected chi connectivity index (χ2v) is 4.28. The minimum absolute atomic E-state index is 0.267. The van der Waals surface area contributed by atoms with Gasteiger partial charge in [0.25, 0.3) is 0 Å². The third-order valence-corrected chi connectivity index (χ3v) is 2.79. The molecule has 0 bridgehead atoms. The molecule has 0 spiro atoms. The molecule has 0 radical (unpaired) electrons. The van der Waals surface area contributed by atoms with E-state index in [2.05, 4.69) is 34.0 Å². The summed E-state index contributed by atoms with van der Waals surface area (Å²) in [5.41, 5.74) is 0.989. The summed E-state index contributed by atoms with van der Waals surface area (Å²) in [4.78, 5) is 11.1. The molecule has 1 aliphatic heterocycles. The van der Waals surface area contributed by atoms with E-state index in [1.807, 2.05) is 12.4 Å². The zero-order chi connectivity index (χ0) is 12.1. The molecule has 1 saturated heterocycles. The lowest BCUT2D eigenvalue weighted by molar-refractivity contribution is 0.0529. The molecule has 0 aromatic carbocycles.